The molecule has 0 saturated heterocycles. The molecule has 1 heterocycles. The number of ether oxygens (including phenoxy) is 2. The van der Waals surface area contributed by atoms with Gasteiger partial charge in [-0.15, -0.1) is 0 Å². The van der Waals surface area contributed by atoms with Gasteiger partial charge in [0.05, 0.1) is 30.2 Å². The molecule has 0 spiro atoms. The van der Waals surface area contributed by atoms with Crippen LogP contribution in [0.25, 0.3) is 0 Å². The summed E-state index contributed by atoms with van der Waals surface area (Å²) in [5, 5.41) is 10.3. The maximum atomic E-state index is 11.9. The van der Waals surface area contributed by atoms with Gasteiger partial charge in [-0.05, 0) is 32.4 Å². The van der Waals surface area contributed by atoms with Crippen LogP contribution in [0.3, 0.4) is 0 Å². The highest BCUT2D eigenvalue weighted by molar-refractivity contribution is 6.31. The predicted octanol–water partition coefficient (Wildman–Crippen LogP) is 4.30. The van der Waals surface area contributed by atoms with Gasteiger partial charge in [-0.25, -0.2) is 4.79 Å². The van der Waals surface area contributed by atoms with Crippen LogP contribution < -0.4 is 0 Å². The average molecular weight is 349 g/mol. The molecule has 0 bridgehead atoms. The van der Waals surface area contributed by atoms with Gasteiger partial charge >= 0.3 is 6.16 Å². The summed E-state index contributed by atoms with van der Waals surface area (Å²) in [5.41, 5.74) is 1.55. The molecule has 0 fully saturated rings. The molecule has 0 N–H and O–H groups in total. The molecule has 0 aliphatic carbocycles. The van der Waals surface area contributed by atoms with Gasteiger partial charge in [-0.2, -0.15) is 5.26 Å². The second-order valence-corrected chi connectivity index (χ2v) is 6.15. The zero-order valence-electron chi connectivity index (χ0n) is 14.2. The summed E-state index contributed by atoms with van der Waals surface area (Å²) in [6, 6.07) is 9.61. The zero-order valence-corrected chi connectivity index (χ0v) is 15.0. The van der Waals surface area contributed by atoms with Crippen LogP contribution in [0, 0.1) is 17.2 Å². The maximum Gasteiger partial charge on any atom is 0.513 e. The fourth-order valence-electron chi connectivity index (χ4n) is 3.01. The van der Waals surface area contributed by atoms with Gasteiger partial charge in [0.1, 0.15) is 5.76 Å². The molecule has 0 aromatic heterocycles. The van der Waals surface area contributed by atoms with Crippen molar-refractivity contribution in [3.8, 4) is 6.07 Å². The minimum atomic E-state index is -0.774. The summed E-state index contributed by atoms with van der Waals surface area (Å²) in [7, 11) is 1.88. The Hall–Kier alpha value is -2.19. The van der Waals surface area contributed by atoms with Crippen molar-refractivity contribution in [3.05, 3.63) is 46.3 Å². The van der Waals surface area contributed by atoms with Gasteiger partial charge in [-0.1, -0.05) is 29.8 Å². The maximum absolute atomic E-state index is 11.9. The molecule has 3 unspecified atom stereocenters. The Morgan fingerprint density at radius 1 is 1.42 bits per heavy atom. The number of hydrogen-bond donors (Lipinski definition) is 0. The molecule has 1 aliphatic heterocycles. The Kier molecular flexibility index (Phi) is 5.74. The fraction of sp³-hybridized carbons (Fsp3) is 0.444. The van der Waals surface area contributed by atoms with E-state index in [4.69, 9.17) is 21.1 Å². The van der Waals surface area contributed by atoms with Crippen LogP contribution in [0.4, 0.5) is 4.79 Å². The zero-order chi connectivity index (χ0) is 17.9. The molecule has 1 aromatic rings. The summed E-state index contributed by atoms with van der Waals surface area (Å²) < 4.78 is 10.4. The molecular weight excluding hydrogens is 328 g/mol. The highest BCUT2D eigenvalue weighted by Gasteiger charge is 2.42. The Labute approximate surface area is 147 Å². The van der Waals surface area contributed by atoms with E-state index in [9.17, 15) is 10.1 Å². The summed E-state index contributed by atoms with van der Waals surface area (Å²) in [6.07, 6.45) is -0.774. The Morgan fingerprint density at radius 2 is 2.08 bits per heavy atom. The van der Waals surface area contributed by atoms with Crippen molar-refractivity contribution in [2.75, 3.05) is 13.7 Å². The third kappa shape index (κ3) is 3.34. The van der Waals surface area contributed by atoms with Gasteiger partial charge in [0.15, 0.2) is 0 Å². The van der Waals surface area contributed by atoms with E-state index < -0.39 is 18.0 Å². The Morgan fingerprint density at radius 3 is 2.67 bits per heavy atom. The number of halogens is 1. The fourth-order valence-corrected chi connectivity index (χ4v) is 3.26. The number of carbonyl (C=O) groups excluding carboxylic acids is 1. The van der Waals surface area contributed by atoms with E-state index in [-0.39, 0.29) is 12.6 Å². The molecule has 1 aromatic carbocycles. The first-order valence-corrected chi connectivity index (χ1v) is 8.22. The van der Waals surface area contributed by atoms with Crippen LogP contribution in [-0.4, -0.2) is 30.8 Å². The van der Waals surface area contributed by atoms with Gasteiger partial charge in [0.25, 0.3) is 0 Å². The Bertz CT molecular complexity index is 696. The summed E-state index contributed by atoms with van der Waals surface area (Å²) in [4.78, 5) is 13.8. The molecule has 3 atom stereocenters. The standard InChI is InChI=1S/C18H21ClN2O3/c1-5-23-18(22)24-17-12(3)21(4)11(2)14(10-20)16(17)13-8-6-7-9-15(13)19/h6-9,11,14,16H,5H2,1-4H3. The van der Waals surface area contributed by atoms with E-state index in [2.05, 4.69) is 6.07 Å². The lowest BCUT2D eigenvalue weighted by Gasteiger charge is -2.41. The van der Waals surface area contributed by atoms with Crippen LogP contribution in [0.1, 0.15) is 32.3 Å². The second-order valence-electron chi connectivity index (χ2n) is 5.74. The largest absolute Gasteiger partial charge is 0.513 e. The van der Waals surface area contributed by atoms with Crippen molar-refractivity contribution >= 4 is 17.8 Å². The lowest BCUT2D eigenvalue weighted by molar-refractivity contribution is 0.0642. The highest BCUT2D eigenvalue weighted by Crippen LogP contribution is 2.44. The van der Waals surface area contributed by atoms with Crippen molar-refractivity contribution in [2.45, 2.75) is 32.7 Å². The third-order valence-electron chi connectivity index (χ3n) is 4.50. The van der Waals surface area contributed by atoms with Crippen molar-refractivity contribution in [1.82, 2.24) is 4.90 Å². The molecule has 24 heavy (non-hydrogen) atoms. The second kappa shape index (κ2) is 7.59. The van der Waals surface area contributed by atoms with Crippen LogP contribution in [0.5, 0.6) is 0 Å². The first-order chi connectivity index (χ1) is 11.4. The van der Waals surface area contributed by atoms with Gasteiger partial charge in [0, 0.05) is 18.1 Å². The minimum Gasteiger partial charge on any atom is -0.434 e. The third-order valence-corrected chi connectivity index (χ3v) is 4.85. The molecule has 0 amide bonds. The smallest absolute Gasteiger partial charge is 0.434 e. The minimum absolute atomic E-state index is 0.0502. The summed E-state index contributed by atoms with van der Waals surface area (Å²) >= 11 is 6.36. The van der Waals surface area contributed by atoms with Crippen LogP contribution in [-0.2, 0) is 9.47 Å². The van der Waals surface area contributed by atoms with E-state index in [1.54, 1.807) is 13.0 Å². The topological polar surface area (TPSA) is 62.6 Å². The molecule has 2 rings (SSSR count). The van der Waals surface area contributed by atoms with E-state index >= 15 is 0 Å². The van der Waals surface area contributed by atoms with Crippen molar-refractivity contribution in [1.29, 1.82) is 5.26 Å². The number of rotatable bonds is 3. The van der Waals surface area contributed by atoms with E-state index in [0.717, 1.165) is 11.3 Å². The van der Waals surface area contributed by atoms with Crippen molar-refractivity contribution < 1.29 is 14.3 Å². The summed E-state index contributed by atoms with van der Waals surface area (Å²) in [6.45, 7) is 5.77. The molecular formula is C18H21ClN2O3. The molecule has 6 heteroatoms. The van der Waals surface area contributed by atoms with E-state index in [1.807, 2.05) is 44.0 Å². The molecule has 1 aliphatic rings. The lowest BCUT2D eigenvalue weighted by Crippen LogP contribution is -2.43. The quantitative estimate of drug-likeness (QED) is 0.762. The lowest BCUT2D eigenvalue weighted by atomic mass is 9.77. The van der Waals surface area contributed by atoms with Gasteiger partial charge in [-0.3, -0.25) is 0 Å². The van der Waals surface area contributed by atoms with Crippen molar-refractivity contribution in [2.24, 2.45) is 5.92 Å². The number of nitriles is 1. The summed E-state index contributed by atoms with van der Waals surface area (Å²) in [5.74, 6) is -0.434. The monoisotopic (exact) mass is 348 g/mol. The van der Waals surface area contributed by atoms with E-state index in [0.29, 0.717) is 10.8 Å². The average Bonchev–Trinajstić information content (AvgIpc) is 2.56. The Balaban J connectivity index is 2.57. The van der Waals surface area contributed by atoms with Crippen LogP contribution in [0.15, 0.2) is 35.7 Å². The number of allylic oxidation sites excluding steroid dienone is 2. The van der Waals surface area contributed by atoms with Gasteiger partial charge < -0.3 is 14.4 Å². The number of nitrogens with zero attached hydrogens (tertiary/aromatic N) is 2. The van der Waals surface area contributed by atoms with Crippen molar-refractivity contribution in [3.63, 3.8) is 0 Å². The van der Waals surface area contributed by atoms with Crippen LogP contribution in [0.2, 0.25) is 5.02 Å². The number of carbonyl (C=O) groups is 1. The highest BCUT2D eigenvalue weighted by atomic mass is 35.5. The normalized spacial score (nSPS) is 23.7. The number of hydrogen-bond acceptors (Lipinski definition) is 5. The number of benzene rings is 1. The first kappa shape index (κ1) is 18.2. The SMILES string of the molecule is CCOC(=O)OC1=C(C)N(C)C(C)C(C#N)C1c1ccccc1Cl. The molecule has 5 nitrogen and oxygen atoms in total. The van der Waals surface area contributed by atoms with Gasteiger partial charge in [0.2, 0.25) is 0 Å². The van der Waals surface area contributed by atoms with Crippen LogP contribution >= 0.6 is 11.6 Å². The van der Waals surface area contributed by atoms with E-state index in [1.165, 1.54) is 0 Å². The molecule has 0 radical (unpaired) electrons. The predicted molar refractivity (Wildman–Crippen MR) is 91.3 cm³/mol. The molecule has 128 valence electrons. The molecule has 0 saturated carbocycles. The first-order valence-electron chi connectivity index (χ1n) is 7.84.